The van der Waals surface area contributed by atoms with Crippen molar-refractivity contribution >= 4 is 29.9 Å². The number of likely N-dealkylation sites (tertiary alicyclic amines) is 1. The largest absolute Gasteiger partial charge is 0.388 e. The van der Waals surface area contributed by atoms with Gasteiger partial charge in [0.05, 0.1) is 6.10 Å². The maximum Gasteiger partial charge on any atom is 0.222 e. The Morgan fingerprint density at radius 3 is 2.52 bits per heavy atom. The topological polar surface area (TPSA) is 52.6 Å². The number of hydrogen-bond donors (Lipinski definition) is 2. The highest BCUT2D eigenvalue weighted by Gasteiger charge is 2.27. The zero-order chi connectivity index (χ0) is 15.9. The highest BCUT2D eigenvalue weighted by molar-refractivity contribution is 6.30. The predicted molar refractivity (Wildman–Crippen MR) is 96.1 cm³/mol. The maximum absolute atomic E-state index is 12.1. The Morgan fingerprint density at radius 2 is 1.96 bits per heavy atom. The fraction of sp³-hybridized carbons (Fsp3) is 0.588. The minimum Gasteiger partial charge on any atom is -0.388 e. The maximum atomic E-state index is 12.1. The van der Waals surface area contributed by atoms with Crippen molar-refractivity contribution in [3.8, 4) is 0 Å². The molecule has 1 heterocycles. The van der Waals surface area contributed by atoms with Gasteiger partial charge in [0.15, 0.2) is 0 Å². The molecule has 0 bridgehead atoms. The van der Waals surface area contributed by atoms with Crippen LogP contribution in [0.15, 0.2) is 24.3 Å². The number of amides is 1. The summed E-state index contributed by atoms with van der Waals surface area (Å²) in [5.41, 5.74) is 0.906. The zero-order valence-corrected chi connectivity index (χ0v) is 15.1. The minimum atomic E-state index is -0.473. The van der Waals surface area contributed by atoms with Gasteiger partial charge in [-0.3, -0.25) is 4.79 Å². The smallest absolute Gasteiger partial charge is 0.222 e. The molecular formula is C17H26Cl2N2O2. The third-order valence-electron chi connectivity index (χ3n) is 4.37. The molecule has 23 heavy (non-hydrogen) atoms. The first kappa shape index (κ1) is 20.2. The third kappa shape index (κ3) is 5.96. The molecule has 0 radical (unpaired) electrons. The van der Waals surface area contributed by atoms with Crippen molar-refractivity contribution < 1.29 is 9.90 Å². The van der Waals surface area contributed by atoms with Gasteiger partial charge in [-0.25, -0.2) is 0 Å². The van der Waals surface area contributed by atoms with Gasteiger partial charge in [-0.15, -0.1) is 12.4 Å². The number of halogens is 2. The van der Waals surface area contributed by atoms with E-state index < -0.39 is 6.10 Å². The summed E-state index contributed by atoms with van der Waals surface area (Å²) in [6.07, 6.45) is 2.70. The van der Waals surface area contributed by atoms with Crippen LogP contribution in [0.3, 0.4) is 0 Å². The third-order valence-corrected chi connectivity index (χ3v) is 4.62. The Morgan fingerprint density at radius 1 is 1.35 bits per heavy atom. The first-order valence-corrected chi connectivity index (χ1v) is 8.35. The fourth-order valence-corrected chi connectivity index (χ4v) is 3.10. The molecular weight excluding hydrogens is 335 g/mol. The lowest BCUT2D eigenvalue weighted by molar-refractivity contribution is -0.133. The number of rotatable bonds is 6. The van der Waals surface area contributed by atoms with Gasteiger partial charge in [0.2, 0.25) is 5.91 Å². The van der Waals surface area contributed by atoms with Crippen molar-refractivity contribution in [2.45, 2.75) is 31.8 Å². The SMILES string of the molecule is CNCCCC(=O)N1CCC(C(O)c2ccc(Cl)cc2)CC1.Cl. The number of carbonyl (C=O) groups excluding carboxylic acids is 1. The predicted octanol–water partition coefficient (Wildman–Crippen LogP) is 3.03. The molecule has 6 heteroatoms. The molecule has 1 amide bonds. The molecule has 130 valence electrons. The van der Waals surface area contributed by atoms with Crippen molar-refractivity contribution in [3.05, 3.63) is 34.9 Å². The van der Waals surface area contributed by atoms with Crippen molar-refractivity contribution in [2.75, 3.05) is 26.7 Å². The van der Waals surface area contributed by atoms with Gasteiger partial charge in [0.1, 0.15) is 0 Å². The van der Waals surface area contributed by atoms with E-state index >= 15 is 0 Å². The molecule has 0 aliphatic carbocycles. The lowest BCUT2D eigenvalue weighted by Crippen LogP contribution is -2.39. The second-order valence-corrected chi connectivity index (χ2v) is 6.36. The van der Waals surface area contributed by atoms with Crippen LogP contribution in [0.1, 0.15) is 37.4 Å². The molecule has 1 saturated heterocycles. The van der Waals surface area contributed by atoms with E-state index in [0.717, 1.165) is 44.5 Å². The highest BCUT2D eigenvalue weighted by atomic mass is 35.5. The van der Waals surface area contributed by atoms with Crippen molar-refractivity contribution in [3.63, 3.8) is 0 Å². The van der Waals surface area contributed by atoms with Crippen LogP contribution in [0, 0.1) is 5.92 Å². The van der Waals surface area contributed by atoms with Gasteiger partial charge in [-0.2, -0.15) is 0 Å². The van der Waals surface area contributed by atoms with Crippen LogP contribution in [-0.4, -0.2) is 42.6 Å². The van der Waals surface area contributed by atoms with Gasteiger partial charge in [0.25, 0.3) is 0 Å². The first-order chi connectivity index (χ1) is 10.6. The number of nitrogens with zero attached hydrogens (tertiary/aromatic N) is 1. The number of aliphatic hydroxyl groups excluding tert-OH is 1. The first-order valence-electron chi connectivity index (χ1n) is 7.97. The average molecular weight is 361 g/mol. The summed E-state index contributed by atoms with van der Waals surface area (Å²) in [5.74, 6) is 0.442. The standard InChI is InChI=1S/C17H25ClN2O2.ClH/c1-19-10-2-3-16(21)20-11-8-14(9-12-20)17(22)13-4-6-15(18)7-5-13;/h4-7,14,17,19,22H,2-3,8-12H2,1H3;1H. The summed E-state index contributed by atoms with van der Waals surface area (Å²) < 4.78 is 0. The molecule has 2 rings (SSSR count). The molecule has 1 aromatic carbocycles. The van der Waals surface area contributed by atoms with E-state index in [2.05, 4.69) is 5.32 Å². The normalized spacial score (nSPS) is 16.7. The Balaban J connectivity index is 0.00000264. The molecule has 1 unspecified atom stereocenters. The highest BCUT2D eigenvalue weighted by Crippen LogP contribution is 2.31. The Labute approximate surface area is 149 Å². The van der Waals surface area contributed by atoms with Crippen LogP contribution in [0.2, 0.25) is 5.02 Å². The number of carbonyl (C=O) groups is 1. The molecule has 0 saturated carbocycles. The summed E-state index contributed by atoms with van der Waals surface area (Å²) in [4.78, 5) is 14.0. The lowest BCUT2D eigenvalue weighted by Gasteiger charge is -2.34. The van der Waals surface area contributed by atoms with E-state index in [1.807, 2.05) is 24.1 Å². The zero-order valence-electron chi connectivity index (χ0n) is 13.5. The van der Waals surface area contributed by atoms with Crippen LogP contribution in [-0.2, 0) is 4.79 Å². The lowest BCUT2D eigenvalue weighted by atomic mass is 9.87. The summed E-state index contributed by atoms with van der Waals surface area (Å²) in [6.45, 7) is 2.36. The number of aliphatic hydroxyl groups is 1. The van der Waals surface area contributed by atoms with E-state index in [1.54, 1.807) is 12.1 Å². The van der Waals surface area contributed by atoms with Gasteiger partial charge < -0.3 is 15.3 Å². The molecule has 4 nitrogen and oxygen atoms in total. The number of benzene rings is 1. The Bertz CT molecular complexity index is 474. The molecule has 0 spiro atoms. The molecule has 2 N–H and O–H groups in total. The molecule has 0 aromatic heterocycles. The summed E-state index contributed by atoms with van der Waals surface area (Å²) in [7, 11) is 1.90. The van der Waals surface area contributed by atoms with Gasteiger partial charge in [0, 0.05) is 24.5 Å². The molecule has 1 aliphatic rings. The summed E-state index contributed by atoms with van der Waals surface area (Å²) in [6, 6.07) is 7.37. The van der Waals surface area contributed by atoms with E-state index in [1.165, 1.54) is 0 Å². The van der Waals surface area contributed by atoms with Gasteiger partial charge in [-0.1, -0.05) is 23.7 Å². The van der Waals surface area contributed by atoms with Gasteiger partial charge >= 0.3 is 0 Å². The second kappa shape index (κ2) is 10.1. The van der Waals surface area contributed by atoms with Crippen molar-refractivity contribution in [2.24, 2.45) is 5.92 Å². The quantitative estimate of drug-likeness (QED) is 0.766. The monoisotopic (exact) mass is 360 g/mol. The van der Waals surface area contributed by atoms with Crippen LogP contribution < -0.4 is 5.32 Å². The number of nitrogens with one attached hydrogen (secondary N) is 1. The second-order valence-electron chi connectivity index (χ2n) is 5.92. The Hall–Kier alpha value is -0.810. The average Bonchev–Trinajstić information content (AvgIpc) is 2.55. The van der Waals surface area contributed by atoms with Crippen LogP contribution in [0.5, 0.6) is 0 Å². The molecule has 1 atom stereocenters. The van der Waals surface area contributed by atoms with Gasteiger partial charge in [-0.05, 0) is 56.5 Å². The Kier molecular flexibility index (Phi) is 8.92. The molecule has 1 fully saturated rings. The van der Waals surface area contributed by atoms with E-state index in [0.29, 0.717) is 11.4 Å². The molecule has 1 aliphatic heterocycles. The van der Waals surface area contributed by atoms with E-state index in [4.69, 9.17) is 11.6 Å². The van der Waals surface area contributed by atoms with E-state index in [-0.39, 0.29) is 24.2 Å². The van der Waals surface area contributed by atoms with Crippen LogP contribution in [0.4, 0.5) is 0 Å². The number of hydrogen-bond acceptors (Lipinski definition) is 3. The van der Waals surface area contributed by atoms with Crippen molar-refractivity contribution in [1.29, 1.82) is 0 Å². The molecule has 1 aromatic rings. The fourth-order valence-electron chi connectivity index (χ4n) is 2.97. The van der Waals surface area contributed by atoms with Crippen molar-refractivity contribution in [1.82, 2.24) is 10.2 Å². The van der Waals surface area contributed by atoms with Crippen LogP contribution >= 0.6 is 24.0 Å². The summed E-state index contributed by atoms with van der Waals surface area (Å²) >= 11 is 5.88. The number of piperidine rings is 1. The van der Waals surface area contributed by atoms with Crippen LogP contribution in [0.25, 0.3) is 0 Å². The van der Waals surface area contributed by atoms with E-state index in [9.17, 15) is 9.90 Å². The minimum absolute atomic E-state index is 0. The summed E-state index contributed by atoms with van der Waals surface area (Å²) in [5, 5.41) is 14.2.